The summed E-state index contributed by atoms with van der Waals surface area (Å²) < 4.78 is 0. The van der Waals surface area contributed by atoms with E-state index < -0.39 is 11.4 Å². The van der Waals surface area contributed by atoms with Crippen LogP contribution in [0.15, 0.2) is 0 Å². The first-order chi connectivity index (χ1) is 10.8. The SMILES string of the molecule is C[C@]12C[C@]34CC[C@H]5[C@](CO)(C(=O)O)CCC[C@]5(C)[C@H]3C[C@H]1[C@H]2C4. The number of aliphatic carboxylic acids is 1. The normalized spacial score (nSPS) is 62.4. The third kappa shape index (κ3) is 1.42. The molecular formula is C20H30O3. The summed E-state index contributed by atoms with van der Waals surface area (Å²) in [7, 11) is 0. The molecule has 0 aromatic heterocycles. The first-order valence-electron chi connectivity index (χ1n) is 9.67. The minimum atomic E-state index is -0.873. The Labute approximate surface area is 138 Å². The van der Waals surface area contributed by atoms with Gasteiger partial charge in [0.15, 0.2) is 0 Å². The molecule has 1 spiro atoms. The van der Waals surface area contributed by atoms with Gasteiger partial charge in [-0.3, -0.25) is 4.79 Å². The minimum absolute atomic E-state index is 0.131. The number of carboxylic acid groups (broad SMARTS) is 1. The van der Waals surface area contributed by atoms with Crippen LogP contribution in [0.5, 0.6) is 0 Å². The van der Waals surface area contributed by atoms with Crippen LogP contribution in [0.1, 0.15) is 65.2 Å². The molecule has 8 atom stereocenters. The topological polar surface area (TPSA) is 57.5 Å². The van der Waals surface area contributed by atoms with E-state index in [4.69, 9.17) is 0 Å². The predicted molar refractivity (Wildman–Crippen MR) is 86.7 cm³/mol. The molecule has 0 heterocycles. The molecule has 0 saturated heterocycles. The van der Waals surface area contributed by atoms with Crippen LogP contribution in [0.2, 0.25) is 0 Å². The first kappa shape index (κ1) is 14.7. The molecule has 0 unspecified atom stereocenters. The first-order valence-corrected chi connectivity index (χ1v) is 9.67. The van der Waals surface area contributed by atoms with Gasteiger partial charge in [0.1, 0.15) is 0 Å². The highest BCUT2D eigenvalue weighted by molar-refractivity contribution is 5.75. The molecule has 0 aliphatic heterocycles. The molecule has 3 nitrogen and oxygen atoms in total. The molecule has 0 radical (unpaired) electrons. The van der Waals surface area contributed by atoms with Crippen LogP contribution in [0.4, 0.5) is 0 Å². The van der Waals surface area contributed by atoms with Gasteiger partial charge in [-0.25, -0.2) is 0 Å². The molecule has 0 amide bonds. The van der Waals surface area contributed by atoms with Crippen molar-refractivity contribution in [3.8, 4) is 0 Å². The largest absolute Gasteiger partial charge is 0.481 e. The fourth-order valence-electron chi connectivity index (χ4n) is 8.94. The van der Waals surface area contributed by atoms with Crippen molar-refractivity contribution >= 4 is 5.97 Å². The van der Waals surface area contributed by atoms with Crippen molar-refractivity contribution in [1.82, 2.24) is 0 Å². The van der Waals surface area contributed by atoms with Gasteiger partial charge in [-0.2, -0.15) is 0 Å². The molecule has 0 aromatic carbocycles. The predicted octanol–water partition coefficient (Wildman–Crippen LogP) is 3.70. The van der Waals surface area contributed by atoms with Crippen LogP contribution in [-0.4, -0.2) is 22.8 Å². The van der Waals surface area contributed by atoms with Crippen molar-refractivity contribution in [2.24, 2.45) is 45.3 Å². The number of aliphatic hydroxyl groups is 1. The summed E-state index contributed by atoms with van der Waals surface area (Å²) in [6.45, 7) is 4.73. The maximum absolute atomic E-state index is 12.1. The Morgan fingerprint density at radius 3 is 2.48 bits per heavy atom. The van der Waals surface area contributed by atoms with Crippen molar-refractivity contribution in [1.29, 1.82) is 0 Å². The number of rotatable bonds is 2. The Morgan fingerprint density at radius 2 is 1.87 bits per heavy atom. The van der Waals surface area contributed by atoms with Crippen molar-refractivity contribution in [2.75, 3.05) is 6.61 Å². The fraction of sp³-hybridized carbons (Fsp3) is 0.950. The van der Waals surface area contributed by atoms with E-state index in [0.717, 1.165) is 24.7 Å². The van der Waals surface area contributed by atoms with Crippen LogP contribution in [0, 0.1) is 45.3 Å². The maximum atomic E-state index is 12.1. The molecule has 6 saturated carbocycles. The van der Waals surface area contributed by atoms with Gasteiger partial charge in [0.2, 0.25) is 0 Å². The van der Waals surface area contributed by atoms with Crippen LogP contribution in [0.25, 0.3) is 0 Å². The van der Waals surface area contributed by atoms with E-state index in [0.29, 0.717) is 23.2 Å². The van der Waals surface area contributed by atoms with E-state index in [1.54, 1.807) is 0 Å². The number of hydrogen-bond donors (Lipinski definition) is 2. The van der Waals surface area contributed by atoms with Gasteiger partial charge in [0, 0.05) is 0 Å². The van der Waals surface area contributed by atoms with Gasteiger partial charge in [-0.1, -0.05) is 20.3 Å². The van der Waals surface area contributed by atoms with Gasteiger partial charge in [0.25, 0.3) is 0 Å². The Bertz CT molecular complexity index is 587. The zero-order valence-electron chi connectivity index (χ0n) is 14.5. The molecule has 3 heteroatoms. The third-order valence-corrected chi connectivity index (χ3v) is 9.90. The summed E-state index contributed by atoms with van der Waals surface area (Å²) in [5.41, 5.74) is 0.403. The molecular weight excluding hydrogens is 288 g/mol. The minimum Gasteiger partial charge on any atom is -0.481 e. The standard InChI is InChI=1S/C20H30O3/c1-17-5-3-6-20(11-21,16(22)23)14(17)4-7-19-9-13-12(8-15(17)19)18(13,2)10-19/h12-15,21H,3-11H2,1-2H3,(H,22,23)/t12-,13+,14+,15+,17-,18-,19+,20-/m0/s1. The summed E-state index contributed by atoms with van der Waals surface area (Å²) in [6.07, 6.45) is 9.21. The maximum Gasteiger partial charge on any atom is 0.312 e. The monoisotopic (exact) mass is 318 g/mol. The van der Waals surface area contributed by atoms with Crippen molar-refractivity contribution < 1.29 is 15.0 Å². The second-order valence-corrected chi connectivity index (χ2v) is 10.3. The van der Waals surface area contributed by atoms with Gasteiger partial charge in [-0.15, -0.1) is 0 Å². The molecule has 128 valence electrons. The summed E-state index contributed by atoms with van der Waals surface area (Å²) in [5.74, 6) is 2.02. The Balaban J connectivity index is 1.56. The van der Waals surface area contributed by atoms with Gasteiger partial charge in [-0.05, 0) is 84.9 Å². The highest BCUT2D eigenvalue weighted by Gasteiger charge is 2.78. The van der Waals surface area contributed by atoms with Crippen LogP contribution >= 0.6 is 0 Å². The molecule has 6 aliphatic rings. The molecule has 2 N–H and O–H groups in total. The van der Waals surface area contributed by atoms with E-state index in [-0.39, 0.29) is 17.9 Å². The summed E-state index contributed by atoms with van der Waals surface area (Å²) in [5, 5.41) is 20.0. The Hall–Kier alpha value is -0.570. The third-order valence-electron chi connectivity index (χ3n) is 9.90. The number of aliphatic hydroxyl groups excluding tert-OH is 1. The van der Waals surface area contributed by atoms with E-state index in [1.807, 2.05) is 0 Å². The molecule has 6 rings (SSSR count). The number of hydrogen-bond acceptors (Lipinski definition) is 2. The lowest BCUT2D eigenvalue weighted by Crippen LogP contribution is -2.61. The van der Waals surface area contributed by atoms with Gasteiger partial charge >= 0.3 is 5.97 Å². The van der Waals surface area contributed by atoms with E-state index in [9.17, 15) is 15.0 Å². The molecule has 4 bridgehead atoms. The lowest BCUT2D eigenvalue weighted by atomic mass is 9.39. The highest BCUT2D eigenvalue weighted by Crippen LogP contribution is 2.85. The zero-order valence-corrected chi connectivity index (χ0v) is 14.5. The van der Waals surface area contributed by atoms with Gasteiger partial charge in [0.05, 0.1) is 12.0 Å². The van der Waals surface area contributed by atoms with Crippen LogP contribution in [-0.2, 0) is 4.79 Å². The van der Waals surface area contributed by atoms with Crippen LogP contribution in [0.3, 0.4) is 0 Å². The quantitative estimate of drug-likeness (QED) is 0.816. The average Bonchev–Trinajstić information content (AvgIpc) is 2.96. The lowest BCUT2D eigenvalue weighted by molar-refractivity contribution is -0.196. The summed E-state index contributed by atoms with van der Waals surface area (Å²) in [6, 6.07) is 0. The Morgan fingerprint density at radius 1 is 1.09 bits per heavy atom. The molecule has 23 heavy (non-hydrogen) atoms. The van der Waals surface area contributed by atoms with E-state index in [2.05, 4.69) is 13.8 Å². The van der Waals surface area contributed by atoms with Crippen molar-refractivity contribution in [3.63, 3.8) is 0 Å². The fourth-order valence-corrected chi connectivity index (χ4v) is 8.94. The number of fused-ring (bicyclic) bond motifs is 1. The smallest absolute Gasteiger partial charge is 0.312 e. The summed E-state index contributed by atoms with van der Waals surface area (Å²) in [4.78, 5) is 12.1. The van der Waals surface area contributed by atoms with E-state index in [1.165, 1.54) is 32.1 Å². The number of carbonyl (C=O) groups is 1. The van der Waals surface area contributed by atoms with Crippen molar-refractivity contribution in [2.45, 2.75) is 65.2 Å². The zero-order chi connectivity index (χ0) is 16.3. The molecule has 6 aliphatic carbocycles. The van der Waals surface area contributed by atoms with Gasteiger partial charge < -0.3 is 10.2 Å². The van der Waals surface area contributed by atoms with Crippen molar-refractivity contribution in [3.05, 3.63) is 0 Å². The van der Waals surface area contributed by atoms with E-state index >= 15 is 0 Å². The second kappa shape index (κ2) is 3.98. The molecule has 6 fully saturated rings. The Kier molecular flexibility index (Phi) is 2.55. The number of carboxylic acids is 1. The van der Waals surface area contributed by atoms with Crippen LogP contribution < -0.4 is 0 Å². The average molecular weight is 318 g/mol. The lowest BCUT2D eigenvalue weighted by Gasteiger charge is -2.65. The molecule has 0 aromatic rings. The summed E-state index contributed by atoms with van der Waals surface area (Å²) >= 11 is 0. The highest BCUT2D eigenvalue weighted by atomic mass is 16.4. The second-order valence-electron chi connectivity index (χ2n) is 10.3.